The number of carbonyl (C=O) groups excluding carboxylic acids is 1. The van der Waals surface area contributed by atoms with Crippen LogP contribution in [-0.2, 0) is 17.6 Å². The molecule has 2 aromatic heterocycles. The number of aryl methyl sites for hydroxylation is 2. The Morgan fingerprint density at radius 1 is 1.18 bits per heavy atom. The number of carbonyl (C=O) groups is 1. The molecule has 9 heteroatoms. The SMILES string of the molecule is Cc1cc(N2CCOCC2)nc(NCCNC(=O)c2noc3c2CCCC3)n1. The molecule has 2 aliphatic rings. The molecule has 1 aliphatic heterocycles. The van der Waals surface area contributed by atoms with Crippen molar-refractivity contribution in [3.8, 4) is 0 Å². The molecule has 1 fully saturated rings. The van der Waals surface area contributed by atoms with E-state index < -0.39 is 0 Å². The predicted octanol–water partition coefficient (Wildman–Crippen LogP) is 1.33. The highest BCUT2D eigenvalue weighted by Gasteiger charge is 2.23. The fourth-order valence-electron chi connectivity index (χ4n) is 3.58. The van der Waals surface area contributed by atoms with Crippen LogP contribution in [0.3, 0.4) is 0 Å². The summed E-state index contributed by atoms with van der Waals surface area (Å²) in [6, 6.07) is 1.98. The highest BCUT2D eigenvalue weighted by molar-refractivity contribution is 5.93. The third-order valence-electron chi connectivity index (χ3n) is 5.03. The van der Waals surface area contributed by atoms with Gasteiger partial charge in [0.1, 0.15) is 11.6 Å². The van der Waals surface area contributed by atoms with Crippen LogP contribution in [0.4, 0.5) is 11.8 Å². The van der Waals surface area contributed by atoms with E-state index in [0.717, 1.165) is 61.6 Å². The smallest absolute Gasteiger partial charge is 0.273 e. The number of amides is 1. The number of anilines is 2. The number of hydrogen-bond acceptors (Lipinski definition) is 8. The average Bonchev–Trinajstić information content (AvgIpc) is 3.16. The molecule has 3 heterocycles. The Morgan fingerprint density at radius 2 is 2.00 bits per heavy atom. The number of rotatable bonds is 6. The van der Waals surface area contributed by atoms with E-state index in [1.165, 1.54) is 0 Å². The van der Waals surface area contributed by atoms with Crippen molar-refractivity contribution < 1.29 is 14.1 Å². The van der Waals surface area contributed by atoms with Gasteiger partial charge in [0.25, 0.3) is 5.91 Å². The zero-order valence-electron chi connectivity index (χ0n) is 16.2. The standard InChI is InChI=1S/C19H26N6O3/c1-13-12-16(25-8-10-27-11-9-25)23-19(22-13)21-7-6-20-18(26)17-14-4-2-3-5-15(14)28-24-17/h12H,2-11H2,1H3,(H,20,26)(H,21,22,23). The lowest BCUT2D eigenvalue weighted by molar-refractivity contribution is 0.0945. The molecule has 0 aromatic carbocycles. The van der Waals surface area contributed by atoms with Crippen LogP contribution in [0.15, 0.2) is 10.6 Å². The van der Waals surface area contributed by atoms with Gasteiger partial charge in [-0.3, -0.25) is 4.79 Å². The van der Waals surface area contributed by atoms with Crippen LogP contribution in [-0.4, -0.2) is 60.4 Å². The first kappa shape index (κ1) is 18.7. The van der Waals surface area contributed by atoms with Crippen molar-refractivity contribution in [3.63, 3.8) is 0 Å². The molecule has 0 atom stereocenters. The van der Waals surface area contributed by atoms with E-state index in [4.69, 9.17) is 9.26 Å². The van der Waals surface area contributed by atoms with Gasteiger partial charge in [0.15, 0.2) is 5.69 Å². The molecule has 0 spiro atoms. The first-order valence-electron chi connectivity index (χ1n) is 9.88. The van der Waals surface area contributed by atoms with Crippen molar-refractivity contribution in [2.45, 2.75) is 32.6 Å². The highest BCUT2D eigenvalue weighted by atomic mass is 16.5. The summed E-state index contributed by atoms with van der Waals surface area (Å²) in [5.74, 6) is 2.14. The number of ether oxygens (including phenoxy) is 1. The summed E-state index contributed by atoms with van der Waals surface area (Å²) in [5.41, 5.74) is 2.29. The first-order valence-corrected chi connectivity index (χ1v) is 9.88. The van der Waals surface area contributed by atoms with Gasteiger partial charge in [-0.15, -0.1) is 0 Å². The van der Waals surface area contributed by atoms with E-state index in [-0.39, 0.29) is 5.91 Å². The number of nitrogens with zero attached hydrogens (tertiary/aromatic N) is 4. The number of nitrogens with one attached hydrogen (secondary N) is 2. The zero-order valence-corrected chi connectivity index (χ0v) is 16.2. The van der Waals surface area contributed by atoms with Crippen molar-refractivity contribution in [3.05, 3.63) is 28.8 Å². The lowest BCUT2D eigenvalue weighted by Crippen LogP contribution is -2.37. The molecule has 0 unspecified atom stereocenters. The van der Waals surface area contributed by atoms with E-state index in [0.29, 0.717) is 37.9 Å². The van der Waals surface area contributed by atoms with E-state index in [1.54, 1.807) is 0 Å². The van der Waals surface area contributed by atoms with Crippen LogP contribution in [0, 0.1) is 6.92 Å². The lowest BCUT2D eigenvalue weighted by atomic mass is 9.96. The summed E-state index contributed by atoms with van der Waals surface area (Å²) in [6.07, 6.45) is 3.90. The first-order chi connectivity index (χ1) is 13.7. The third-order valence-corrected chi connectivity index (χ3v) is 5.03. The van der Waals surface area contributed by atoms with Gasteiger partial charge >= 0.3 is 0 Å². The summed E-state index contributed by atoms with van der Waals surface area (Å²) in [6.45, 7) is 6.00. The molecular weight excluding hydrogens is 360 g/mol. The predicted molar refractivity (Wildman–Crippen MR) is 104 cm³/mol. The number of fused-ring (bicyclic) bond motifs is 1. The van der Waals surface area contributed by atoms with Crippen molar-refractivity contribution in [2.24, 2.45) is 0 Å². The van der Waals surface area contributed by atoms with Gasteiger partial charge in [-0.05, 0) is 26.2 Å². The van der Waals surface area contributed by atoms with E-state index in [9.17, 15) is 4.79 Å². The molecule has 2 N–H and O–H groups in total. The van der Waals surface area contributed by atoms with Crippen molar-refractivity contribution in [1.82, 2.24) is 20.4 Å². The van der Waals surface area contributed by atoms with Gasteiger partial charge in [0.05, 0.1) is 13.2 Å². The molecule has 1 aliphatic carbocycles. The normalized spacial score (nSPS) is 16.5. The Bertz CT molecular complexity index is 831. The molecule has 0 saturated carbocycles. The second-order valence-corrected chi connectivity index (χ2v) is 7.11. The fraction of sp³-hybridized carbons (Fsp3) is 0.579. The van der Waals surface area contributed by atoms with Crippen molar-refractivity contribution in [1.29, 1.82) is 0 Å². The van der Waals surface area contributed by atoms with Gasteiger partial charge in [-0.25, -0.2) is 4.98 Å². The summed E-state index contributed by atoms with van der Waals surface area (Å²) < 4.78 is 10.7. The molecule has 4 rings (SSSR count). The fourth-order valence-corrected chi connectivity index (χ4v) is 3.58. The summed E-state index contributed by atoms with van der Waals surface area (Å²) in [5, 5.41) is 10.0. The third kappa shape index (κ3) is 4.24. The summed E-state index contributed by atoms with van der Waals surface area (Å²) >= 11 is 0. The molecule has 0 bridgehead atoms. The Morgan fingerprint density at radius 3 is 2.86 bits per heavy atom. The lowest BCUT2D eigenvalue weighted by Gasteiger charge is -2.28. The minimum atomic E-state index is -0.187. The maximum absolute atomic E-state index is 12.4. The second-order valence-electron chi connectivity index (χ2n) is 7.11. The minimum Gasteiger partial charge on any atom is -0.378 e. The van der Waals surface area contributed by atoms with E-state index >= 15 is 0 Å². The Labute approximate surface area is 163 Å². The van der Waals surface area contributed by atoms with Gasteiger partial charge in [-0.1, -0.05) is 5.16 Å². The van der Waals surface area contributed by atoms with Crippen LogP contribution in [0.1, 0.15) is 40.3 Å². The molecule has 1 saturated heterocycles. The van der Waals surface area contributed by atoms with E-state index in [2.05, 4.69) is 30.7 Å². The van der Waals surface area contributed by atoms with Crippen LogP contribution >= 0.6 is 0 Å². The molecule has 9 nitrogen and oxygen atoms in total. The van der Waals surface area contributed by atoms with Crippen LogP contribution < -0.4 is 15.5 Å². The van der Waals surface area contributed by atoms with E-state index in [1.807, 2.05) is 13.0 Å². The van der Waals surface area contributed by atoms with Gasteiger partial charge < -0.3 is 24.8 Å². The molecule has 1 amide bonds. The maximum Gasteiger partial charge on any atom is 0.273 e. The van der Waals surface area contributed by atoms with Crippen molar-refractivity contribution >= 4 is 17.7 Å². The topological polar surface area (TPSA) is 105 Å². The second kappa shape index (κ2) is 8.55. The maximum atomic E-state index is 12.4. The monoisotopic (exact) mass is 386 g/mol. The summed E-state index contributed by atoms with van der Waals surface area (Å²) in [7, 11) is 0. The molecular formula is C19H26N6O3. The highest BCUT2D eigenvalue weighted by Crippen LogP contribution is 2.24. The average molecular weight is 386 g/mol. The van der Waals surface area contributed by atoms with Crippen LogP contribution in [0.25, 0.3) is 0 Å². The van der Waals surface area contributed by atoms with Crippen molar-refractivity contribution in [2.75, 3.05) is 49.6 Å². The van der Waals surface area contributed by atoms with Gasteiger partial charge in [0.2, 0.25) is 5.95 Å². The Kier molecular flexibility index (Phi) is 5.70. The number of morpholine rings is 1. The van der Waals surface area contributed by atoms with Gasteiger partial charge in [-0.2, -0.15) is 4.98 Å². The Balaban J connectivity index is 1.30. The Hall–Kier alpha value is -2.68. The minimum absolute atomic E-state index is 0.187. The quantitative estimate of drug-likeness (QED) is 0.717. The zero-order chi connectivity index (χ0) is 19.3. The van der Waals surface area contributed by atoms with Gasteiger partial charge in [0, 0.05) is 49.9 Å². The number of aromatic nitrogens is 3. The molecule has 28 heavy (non-hydrogen) atoms. The summed E-state index contributed by atoms with van der Waals surface area (Å²) in [4.78, 5) is 23.6. The largest absolute Gasteiger partial charge is 0.378 e. The number of hydrogen-bond donors (Lipinski definition) is 2. The molecule has 150 valence electrons. The van der Waals surface area contributed by atoms with Crippen LogP contribution in [0.2, 0.25) is 0 Å². The molecule has 2 aromatic rings. The van der Waals surface area contributed by atoms with Crippen LogP contribution in [0.5, 0.6) is 0 Å². The molecule has 0 radical (unpaired) electrons.